The number of nitrogens with zero attached hydrogens (tertiary/aromatic N) is 1. The van der Waals surface area contributed by atoms with Crippen LogP contribution in [0, 0.1) is 0 Å². The molecule has 0 radical (unpaired) electrons. The monoisotopic (exact) mass is 368 g/mol. The zero-order valence-corrected chi connectivity index (χ0v) is 15.9. The minimum atomic E-state index is -0.431. The molecule has 0 aromatic heterocycles. The van der Waals surface area contributed by atoms with Crippen molar-refractivity contribution in [3.8, 4) is 0 Å². The van der Waals surface area contributed by atoms with E-state index in [0.29, 0.717) is 18.7 Å². The Morgan fingerprint density at radius 3 is 2.22 bits per heavy atom. The quantitative estimate of drug-likeness (QED) is 0.631. The van der Waals surface area contributed by atoms with Crippen LogP contribution in [0.3, 0.4) is 0 Å². The molecule has 0 heterocycles. The van der Waals surface area contributed by atoms with Gasteiger partial charge in [-0.25, -0.2) is 4.79 Å². The number of likely N-dealkylation sites (N-methyl/N-ethyl adjacent to an activating group) is 1. The molecule has 27 heavy (non-hydrogen) atoms. The van der Waals surface area contributed by atoms with E-state index < -0.39 is 5.91 Å². The molecule has 3 amide bonds. The van der Waals surface area contributed by atoms with Gasteiger partial charge in [-0.3, -0.25) is 4.79 Å². The van der Waals surface area contributed by atoms with E-state index in [1.54, 1.807) is 12.1 Å². The SMILES string of the molecule is CN(C)[C@H](CNC(=O)NCCc1ccccc1)Cc1ccc(C(N)=O)cc1. The lowest BCUT2D eigenvalue weighted by atomic mass is 10.0. The first-order chi connectivity index (χ1) is 13.0. The molecule has 0 spiro atoms. The zero-order chi connectivity index (χ0) is 19.6. The fraction of sp³-hybridized carbons (Fsp3) is 0.333. The summed E-state index contributed by atoms with van der Waals surface area (Å²) in [7, 11) is 3.97. The Hall–Kier alpha value is -2.86. The van der Waals surface area contributed by atoms with Gasteiger partial charge in [-0.2, -0.15) is 0 Å². The maximum atomic E-state index is 12.0. The Morgan fingerprint density at radius 2 is 1.63 bits per heavy atom. The number of carbonyl (C=O) groups excluding carboxylic acids is 2. The van der Waals surface area contributed by atoms with Gasteiger partial charge in [0.05, 0.1) is 0 Å². The zero-order valence-electron chi connectivity index (χ0n) is 15.9. The molecular formula is C21H28N4O2. The number of urea groups is 1. The number of primary amides is 1. The van der Waals surface area contributed by atoms with E-state index in [-0.39, 0.29) is 12.1 Å². The van der Waals surface area contributed by atoms with Crippen molar-refractivity contribution in [2.45, 2.75) is 18.9 Å². The van der Waals surface area contributed by atoms with Crippen LogP contribution in [0.2, 0.25) is 0 Å². The summed E-state index contributed by atoms with van der Waals surface area (Å²) in [5, 5.41) is 5.82. The largest absolute Gasteiger partial charge is 0.366 e. The molecule has 0 aliphatic rings. The number of hydrogen-bond donors (Lipinski definition) is 3. The Labute approximate surface area is 160 Å². The lowest BCUT2D eigenvalue weighted by Gasteiger charge is -2.25. The summed E-state index contributed by atoms with van der Waals surface area (Å²) >= 11 is 0. The molecule has 0 aliphatic heterocycles. The van der Waals surface area contributed by atoms with Crippen molar-refractivity contribution >= 4 is 11.9 Å². The minimum absolute atomic E-state index is 0.143. The Balaban J connectivity index is 1.77. The lowest BCUT2D eigenvalue weighted by Crippen LogP contribution is -2.45. The first kappa shape index (κ1) is 20.5. The predicted molar refractivity (Wildman–Crippen MR) is 108 cm³/mol. The van der Waals surface area contributed by atoms with Crippen LogP contribution in [0.5, 0.6) is 0 Å². The van der Waals surface area contributed by atoms with Crippen molar-refractivity contribution < 1.29 is 9.59 Å². The van der Waals surface area contributed by atoms with Crippen LogP contribution >= 0.6 is 0 Å². The number of rotatable bonds is 9. The van der Waals surface area contributed by atoms with Crippen molar-refractivity contribution in [2.75, 3.05) is 27.2 Å². The molecule has 6 nitrogen and oxygen atoms in total. The molecule has 6 heteroatoms. The molecule has 0 bridgehead atoms. The van der Waals surface area contributed by atoms with E-state index in [9.17, 15) is 9.59 Å². The van der Waals surface area contributed by atoms with Gasteiger partial charge in [0, 0.05) is 24.7 Å². The second-order valence-corrected chi connectivity index (χ2v) is 6.76. The highest BCUT2D eigenvalue weighted by Gasteiger charge is 2.14. The highest BCUT2D eigenvalue weighted by Crippen LogP contribution is 2.09. The molecule has 4 N–H and O–H groups in total. The third-order valence-corrected chi connectivity index (χ3v) is 4.48. The molecule has 0 saturated heterocycles. The van der Waals surface area contributed by atoms with Gasteiger partial charge in [0.15, 0.2) is 0 Å². The van der Waals surface area contributed by atoms with Crippen LogP contribution in [0.25, 0.3) is 0 Å². The predicted octanol–water partition coefficient (Wildman–Crippen LogP) is 1.80. The molecule has 0 saturated carbocycles. The molecule has 2 aromatic rings. The standard InChI is InChI=1S/C21H28N4O2/c1-25(2)19(14-17-8-10-18(11-9-17)20(22)26)15-24-21(27)23-13-12-16-6-4-3-5-7-16/h3-11,19H,12-15H2,1-2H3,(H2,22,26)(H2,23,24,27)/t19-/m0/s1. The molecule has 2 rings (SSSR count). The number of carbonyl (C=O) groups is 2. The van der Waals surface area contributed by atoms with Gasteiger partial charge in [-0.15, -0.1) is 0 Å². The molecule has 144 valence electrons. The van der Waals surface area contributed by atoms with Crippen LogP contribution in [-0.4, -0.2) is 50.1 Å². The van der Waals surface area contributed by atoms with Gasteiger partial charge in [0.2, 0.25) is 5.91 Å². The van der Waals surface area contributed by atoms with Crippen LogP contribution in [0.4, 0.5) is 4.79 Å². The molecule has 0 aliphatic carbocycles. The summed E-state index contributed by atoms with van der Waals surface area (Å²) in [6.45, 7) is 1.12. The van der Waals surface area contributed by atoms with Gasteiger partial charge in [0.1, 0.15) is 0 Å². The normalized spacial score (nSPS) is 11.8. The number of hydrogen-bond acceptors (Lipinski definition) is 3. The number of amides is 3. The second kappa shape index (κ2) is 10.3. The molecule has 0 unspecified atom stereocenters. The lowest BCUT2D eigenvalue weighted by molar-refractivity contribution is 0.1000. The van der Waals surface area contributed by atoms with Gasteiger partial charge in [0.25, 0.3) is 0 Å². The van der Waals surface area contributed by atoms with E-state index in [0.717, 1.165) is 18.4 Å². The first-order valence-electron chi connectivity index (χ1n) is 9.06. The topological polar surface area (TPSA) is 87.5 Å². The molecule has 0 fully saturated rings. The van der Waals surface area contributed by atoms with E-state index >= 15 is 0 Å². The fourth-order valence-corrected chi connectivity index (χ4v) is 2.75. The van der Waals surface area contributed by atoms with E-state index in [1.165, 1.54) is 5.56 Å². The maximum absolute atomic E-state index is 12.0. The summed E-state index contributed by atoms with van der Waals surface area (Å²) in [5.74, 6) is -0.431. The number of benzene rings is 2. The van der Waals surface area contributed by atoms with Crippen molar-refractivity contribution in [2.24, 2.45) is 5.73 Å². The number of nitrogens with two attached hydrogens (primary N) is 1. The third kappa shape index (κ3) is 7.11. The average molecular weight is 368 g/mol. The molecule has 1 atom stereocenters. The Bertz CT molecular complexity index is 730. The Kier molecular flexibility index (Phi) is 7.82. The van der Waals surface area contributed by atoms with Gasteiger partial charge in [-0.1, -0.05) is 42.5 Å². The van der Waals surface area contributed by atoms with Crippen molar-refractivity contribution in [3.05, 3.63) is 71.3 Å². The highest BCUT2D eigenvalue weighted by molar-refractivity contribution is 5.92. The maximum Gasteiger partial charge on any atom is 0.314 e. The summed E-state index contributed by atoms with van der Waals surface area (Å²) < 4.78 is 0. The molecule has 2 aromatic carbocycles. The second-order valence-electron chi connectivity index (χ2n) is 6.76. The summed E-state index contributed by atoms with van der Waals surface area (Å²) in [6, 6.07) is 17.3. The summed E-state index contributed by atoms with van der Waals surface area (Å²) in [5.41, 5.74) is 8.05. The van der Waals surface area contributed by atoms with E-state index in [2.05, 4.69) is 15.5 Å². The Morgan fingerprint density at radius 1 is 0.963 bits per heavy atom. The summed E-state index contributed by atoms with van der Waals surface area (Å²) in [4.78, 5) is 25.3. The van der Waals surface area contributed by atoms with Crippen molar-refractivity contribution in [1.29, 1.82) is 0 Å². The van der Waals surface area contributed by atoms with Gasteiger partial charge < -0.3 is 21.3 Å². The van der Waals surface area contributed by atoms with Crippen LogP contribution in [-0.2, 0) is 12.8 Å². The summed E-state index contributed by atoms with van der Waals surface area (Å²) in [6.07, 6.45) is 1.56. The van der Waals surface area contributed by atoms with Crippen molar-refractivity contribution in [3.63, 3.8) is 0 Å². The third-order valence-electron chi connectivity index (χ3n) is 4.48. The van der Waals surface area contributed by atoms with Gasteiger partial charge >= 0.3 is 6.03 Å². The highest BCUT2D eigenvalue weighted by atomic mass is 16.2. The van der Waals surface area contributed by atoms with E-state index in [1.807, 2.05) is 56.6 Å². The van der Waals surface area contributed by atoms with E-state index in [4.69, 9.17) is 5.73 Å². The molecular weight excluding hydrogens is 340 g/mol. The van der Waals surface area contributed by atoms with Crippen LogP contribution in [0.1, 0.15) is 21.5 Å². The van der Waals surface area contributed by atoms with Crippen LogP contribution in [0.15, 0.2) is 54.6 Å². The van der Waals surface area contributed by atoms with Crippen LogP contribution < -0.4 is 16.4 Å². The van der Waals surface area contributed by atoms with Gasteiger partial charge in [-0.05, 0) is 50.2 Å². The first-order valence-corrected chi connectivity index (χ1v) is 9.06. The fourth-order valence-electron chi connectivity index (χ4n) is 2.75. The minimum Gasteiger partial charge on any atom is -0.366 e. The smallest absolute Gasteiger partial charge is 0.314 e. The number of nitrogens with one attached hydrogen (secondary N) is 2. The average Bonchev–Trinajstić information content (AvgIpc) is 2.66. The van der Waals surface area contributed by atoms with Crippen molar-refractivity contribution in [1.82, 2.24) is 15.5 Å².